The number of aromatic nitrogens is 4. The number of nitrogens with two attached hydrogens (primary N) is 1. The second-order valence-corrected chi connectivity index (χ2v) is 9.65. The first-order chi connectivity index (χ1) is 14.4. The molecule has 0 aromatic carbocycles. The third-order valence-corrected chi connectivity index (χ3v) is 7.83. The van der Waals surface area contributed by atoms with Crippen LogP contribution in [0.15, 0.2) is 19.5 Å². The van der Waals surface area contributed by atoms with E-state index in [1.165, 1.54) is 25.3 Å². The molecule has 0 bridgehead atoms. The van der Waals surface area contributed by atoms with Crippen molar-refractivity contribution in [1.82, 2.24) is 19.1 Å². The Morgan fingerprint density at radius 3 is 2.80 bits per heavy atom. The first-order valence-electron chi connectivity index (χ1n) is 9.68. The van der Waals surface area contributed by atoms with Crippen molar-refractivity contribution in [1.29, 1.82) is 0 Å². The molecule has 0 aliphatic heterocycles. The number of hydrogen-bond acceptors (Lipinski definition) is 8. The van der Waals surface area contributed by atoms with Crippen molar-refractivity contribution in [2.24, 2.45) is 7.05 Å². The van der Waals surface area contributed by atoms with Crippen LogP contribution in [0.1, 0.15) is 46.1 Å². The molecule has 3 N–H and O–H groups in total. The SMILES string of the molecule is Cn1c(SCC(=O)c2c(N)n(C3CC3)c(=O)[nH]c2=O)nc2sc3c(c2c1=O)CCC3. The zero-order chi connectivity index (χ0) is 21.2. The van der Waals surface area contributed by atoms with Gasteiger partial charge in [-0.1, -0.05) is 11.8 Å². The van der Waals surface area contributed by atoms with Gasteiger partial charge in [0.1, 0.15) is 16.2 Å². The lowest BCUT2D eigenvalue weighted by atomic mass is 10.2. The van der Waals surface area contributed by atoms with Gasteiger partial charge in [-0.15, -0.1) is 11.3 Å². The van der Waals surface area contributed by atoms with E-state index in [1.54, 1.807) is 7.05 Å². The van der Waals surface area contributed by atoms with E-state index >= 15 is 0 Å². The van der Waals surface area contributed by atoms with Crippen molar-refractivity contribution in [2.45, 2.75) is 43.3 Å². The summed E-state index contributed by atoms with van der Waals surface area (Å²) in [7, 11) is 1.63. The summed E-state index contributed by atoms with van der Waals surface area (Å²) >= 11 is 2.62. The normalized spacial score (nSPS) is 15.6. The number of thiophene rings is 1. The molecule has 0 radical (unpaired) electrons. The molecule has 0 spiro atoms. The molecule has 0 amide bonds. The van der Waals surface area contributed by atoms with Gasteiger partial charge in [0, 0.05) is 18.0 Å². The van der Waals surface area contributed by atoms with E-state index in [4.69, 9.17) is 5.73 Å². The van der Waals surface area contributed by atoms with Gasteiger partial charge in [-0.25, -0.2) is 9.78 Å². The fraction of sp³-hybridized carbons (Fsp3) is 0.421. The van der Waals surface area contributed by atoms with Gasteiger partial charge < -0.3 is 5.73 Å². The van der Waals surface area contributed by atoms with Gasteiger partial charge in [0.15, 0.2) is 10.9 Å². The van der Waals surface area contributed by atoms with Crippen LogP contribution in [0.5, 0.6) is 0 Å². The maximum atomic E-state index is 12.9. The standard InChI is InChI=1S/C19H19N5O4S2/c1-23-17(27)12-9-3-2-4-11(9)30-16(12)22-19(23)29-7-10(25)13-14(20)24(8-5-6-8)18(28)21-15(13)26/h8H,2-7,20H2,1H3,(H,21,26,28). The molecule has 5 rings (SSSR count). The summed E-state index contributed by atoms with van der Waals surface area (Å²) in [6.07, 6.45) is 4.50. The molecule has 11 heteroatoms. The van der Waals surface area contributed by atoms with E-state index in [-0.39, 0.29) is 28.7 Å². The smallest absolute Gasteiger partial charge is 0.330 e. The highest BCUT2D eigenvalue weighted by Crippen LogP contribution is 2.36. The molecule has 0 saturated heterocycles. The summed E-state index contributed by atoms with van der Waals surface area (Å²) in [5.74, 6) is -0.715. The summed E-state index contributed by atoms with van der Waals surface area (Å²) in [6, 6.07) is -0.0702. The third kappa shape index (κ3) is 2.95. The minimum atomic E-state index is -0.785. The Labute approximate surface area is 177 Å². The van der Waals surface area contributed by atoms with Gasteiger partial charge >= 0.3 is 5.69 Å². The van der Waals surface area contributed by atoms with Crippen molar-refractivity contribution in [3.05, 3.63) is 47.2 Å². The number of hydrogen-bond donors (Lipinski definition) is 2. The first kappa shape index (κ1) is 19.3. The second kappa shape index (κ2) is 6.95. The number of Topliss-reactive ketones (excluding diaryl/α,β-unsaturated/α-hetero) is 1. The number of carbonyl (C=O) groups excluding carboxylic acids is 1. The number of nitrogens with one attached hydrogen (secondary N) is 1. The van der Waals surface area contributed by atoms with E-state index in [1.807, 2.05) is 0 Å². The minimum absolute atomic E-state index is 0.0702. The largest absolute Gasteiger partial charge is 0.384 e. The zero-order valence-electron chi connectivity index (χ0n) is 16.2. The topological polar surface area (TPSA) is 133 Å². The predicted molar refractivity (Wildman–Crippen MR) is 116 cm³/mol. The Morgan fingerprint density at radius 2 is 2.07 bits per heavy atom. The van der Waals surface area contributed by atoms with Crippen LogP contribution >= 0.6 is 23.1 Å². The molecule has 1 saturated carbocycles. The van der Waals surface area contributed by atoms with Gasteiger partial charge in [0.05, 0.1) is 11.1 Å². The Kier molecular flexibility index (Phi) is 4.47. The van der Waals surface area contributed by atoms with Gasteiger partial charge in [0.2, 0.25) is 0 Å². The van der Waals surface area contributed by atoms with Crippen LogP contribution in [0, 0.1) is 0 Å². The number of aryl methyl sites for hydroxylation is 2. The van der Waals surface area contributed by atoms with Crippen LogP contribution < -0.4 is 22.5 Å². The molecule has 2 aliphatic carbocycles. The molecule has 30 heavy (non-hydrogen) atoms. The number of thioether (sulfide) groups is 1. The van der Waals surface area contributed by atoms with Crippen LogP contribution in [0.3, 0.4) is 0 Å². The highest BCUT2D eigenvalue weighted by atomic mass is 32.2. The number of fused-ring (bicyclic) bond motifs is 3. The van der Waals surface area contributed by atoms with Crippen LogP contribution in [-0.2, 0) is 19.9 Å². The number of nitrogens with zero attached hydrogens (tertiary/aromatic N) is 3. The Bertz CT molecular complexity index is 1390. The van der Waals surface area contributed by atoms with Crippen LogP contribution in [0.25, 0.3) is 10.2 Å². The van der Waals surface area contributed by atoms with Gasteiger partial charge in [-0.3, -0.25) is 28.5 Å². The van der Waals surface area contributed by atoms with Crippen molar-refractivity contribution in [2.75, 3.05) is 11.5 Å². The average molecular weight is 446 g/mol. The van der Waals surface area contributed by atoms with Gasteiger partial charge in [0.25, 0.3) is 11.1 Å². The Balaban J connectivity index is 1.47. The number of anilines is 1. The summed E-state index contributed by atoms with van der Waals surface area (Å²) in [5.41, 5.74) is 5.41. The first-order valence-corrected chi connectivity index (χ1v) is 11.5. The van der Waals surface area contributed by atoms with E-state index in [0.29, 0.717) is 15.4 Å². The van der Waals surface area contributed by atoms with Gasteiger partial charge in [-0.2, -0.15) is 0 Å². The summed E-state index contributed by atoms with van der Waals surface area (Å²) in [4.78, 5) is 58.6. The van der Waals surface area contributed by atoms with E-state index < -0.39 is 17.0 Å². The maximum Gasteiger partial charge on any atom is 0.330 e. The quantitative estimate of drug-likeness (QED) is 0.343. The van der Waals surface area contributed by atoms with Crippen LogP contribution in [-0.4, -0.2) is 30.6 Å². The van der Waals surface area contributed by atoms with Crippen LogP contribution in [0.4, 0.5) is 5.82 Å². The molecule has 0 atom stereocenters. The van der Waals surface area contributed by atoms with E-state index in [2.05, 4.69) is 9.97 Å². The Morgan fingerprint density at radius 1 is 1.30 bits per heavy atom. The summed E-state index contributed by atoms with van der Waals surface area (Å²) in [6.45, 7) is 0. The lowest BCUT2D eigenvalue weighted by Crippen LogP contribution is -2.36. The average Bonchev–Trinajstić information content (AvgIpc) is 3.30. The minimum Gasteiger partial charge on any atom is -0.384 e. The van der Waals surface area contributed by atoms with Crippen molar-refractivity contribution < 1.29 is 4.79 Å². The number of carbonyl (C=O) groups is 1. The molecule has 0 unspecified atom stereocenters. The van der Waals surface area contributed by atoms with E-state index in [0.717, 1.165) is 49.4 Å². The zero-order valence-corrected chi connectivity index (χ0v) is 17.8. The summed E-state index contributed by atoms with van der Waals surface area (Å²) in [5, 5.41) is 1.09. The number of aromatic amines is 1. The molecule has 3 heterocycles. The number of H-pyrrole nitrogens is 1. The fourth-order valence-corrected chi connectivity index (χ4v) is 6.11. The number of nitrogen functional groups attached to an aromatic ring is 1. The summed E-state index contributed by atoms with van der Waals surface area (Å²) < 4.78 is 2.73. The predicted octanol–water partition coefficient (Wildman–Crippen LogP) is 1.23. The Hall–Kier alpha value is -2.66. The molecular weight excluding hydrogens is 426 g/mol. The maximum absolute atomic E-state index is 12.9. The molecule has 156 valence electrons. The molecule has 2 aliphatic rings. The molecule has 9 nitrogen and oxygen atoms in total. The molecular formula is C19H19N5O4S2. The monoisotopic (exact) mass is 445 g/mol. The molecule has 1 fully saturated rings. The van der Waals surface area contributed by atoms with Crippen LogP contribution in [0.2, 0.25) is 0 Å². The fourth-order valence-electron chi connectivity index (χ4n) is 3.97. The number of rotatable bonds is 5. The van der Waals surface area contributed by atoms with Gasteiger partial charge in [-0.05, 0) is 37.7 Å². The highest BCUT2D eigenvalue weighted by Gasteiger charge is 2.30. The van der Waals surface area contributed by atoms with Crippen molar-refractivity contribution >= 4 is 44.9 Å². The van der Waals surface area contributed by atoms with E-state index in [9.17, 15) is 19.2 Å². The molecule has 3 aromatic rings. The lowest BCUT2D eigenvalue weighted by Gasteiger charge is -2.11. The van der Waals surface area contributed by atoms with Crippen molar-refractivity contribution in [3.63, 3.8) is 0 Å². The lowest BCUT2D eigenvalue weighted by molar-refractivity contribution is 0.102. The number of ketones is 1. The highest BCUT2D eigenvalue weighted by molar-refractivity contribution is 7.99. The molecule has 3 aromatic heterocycles. The third-order valence-electron chi connectivity index (χ3n) is 5.61. The van der Waals surface area contributed by atoms with Crippen molar-refractivity contribution in [3.8, 4) is 0 Å². The second-order valence-electron chi connectivity index (χ2n) is 7.63.